The number of benzene rings is 3. The average molecular weight is 537 g/mol. The van der Waals surface area contributed by atoms with Crippen molar-refractivity contribution >= 4 is 22.7 Å². The van der Waals surface area contributed by atoms with E-state index in [0.717, 1.165) is 0 Å². The van der Waals surface area contributed by atoms with Gasteiger partial charge in [-0.05, 0) is 63.2 Å². The molecule has 0 bridgehead atoms. The van der Waals surface area contributed by atoms with E-state index in [4.69, 9.17) is 32.8 Å². The highest BCUT2D eigenvalue weighted by Crippen LogP contribution is 2.42. The highest BCUT2D eigenvalue weighted by Gasteiger charge is 2.20. The zero-order valence-corrected chi connectivity index (χ0v) is 22.9. The molecule has 39 heavy (non-hydrogen) atoms. The number of amides is 1. The molecule has 0 atom stereocenters. The van der Waals surface area contributed by atoms with E-state index in [-0.39, 0.29) is 5.91 Å². The smallest absolute Gasteiger partial charge is 0.255 e. The van der Waals surface area contributed by atoms with Crippen molar-refractivity contribution in [2.45, 2.75) is 20.8 Å². The van der Waals surface area contributed by atoms with Crippen molar-refractivity contribution in [1.29, 1.82) is 0 Å². The van der Waals surface area contributed by atoms with Gasteiger partial charge in [0.05, 0.1) is 41.2 Å². The predicted octanol–water partition coefficient (Wildman–Crippen LogP) is 5.97. The number of fused-ring (bicyclic) bond motifs is 1. The molecule has 0 aliphatic carbocycles. The molecule has 206 valence electrons. The Bertz CT molecular complexity index is 1410. The Kier molecular flexibility index (Phi) is 8.65. The van der Waals surface area contributed by atoms with E-state index < -0.39 is 0 Å². The topological polar surface area (TPSA) is 111 Å². The monoisotopic (exact) mass is 536 g/mol. The molecule has 0 saturated carbocycles. The third-order valence-electron chi connectivity index (χ3n) is 5.73. The summed E-state index contributed by atoms with van der Waals surface area (Å²) in [5.74, 6) is 2.81. The molecule has 0 radical (unpaired) electrons. The molecule has 0 saturated heterocycles. The number of aromatic nitrogens is 1. The van der Waals surface area contributed by atoms with Crippen LogP contribution in [0.1, 0.15) is 31.1 Å². The summed E-state index contributed by atoms with van der Waals surface area (Å²) in [6.07, 6.45) is 0. The summed E-state index contributed by atoms with van der Waals surface area (Å²) in [4.78, 5) is 17.8. The highest BCUT2D eigenvalue weighted by atomic mass is 16.5. The Morgan fingerprint density at radius 3 is 1.92 bits per heavy atom. The largest absolute Gasteiger partial charge is 0.493 e. The minimum Gasteiger partial charge on any atom is -0.493 e. The van der Waals surface area contributed by atoms with Crippen molar-refractivity contribution in [1.82, 2.24) is 4.98 Å². The number of methoxy groups -OCH3 is 3. The number of carbonyl (C=O) groups is 1. The lowest BCUT2D eigenvalue weighted by Crippen LogP contribution is -2.13. The molecule has 0 aliphatic heterocycles. The number of ether oxygens (including phenoxy) is 6. The fourth-order valence-electron chi connectivity index (χ4n) is 4.06. The zero-order valence-electron chi connectivity index (χ0n) is 22.9. The standard InChI is InChI=1S/C29H32N2O8/c1-7-36-24-12-17(13-25(37-8-2)27(24)38-9-3)28(32)30-19-10-11-21-20(16-19)31-29(39-21)18-14-22(33-4)26(35-6)23(15-18)34-5/h10-16H,7-9H2,1-6H3,(H,30,32). The van der Waals surface area contributed by atoms with E-state index in [1.165, 1.54) is 7.11 Å². The van der Waals surface area contributed by atoms with Crippen molar-refractivity contribution in [3.8, 4) is 46.0 Å². The Hall–Kier alpha value is -4.60. The Morgan fingerprint density at radius 2 is 1.38 bits per heavy atom. The quantitative estimate of drug-likeness (QED) is 0.234. The average Bonchev–Trinajstić information content (AvgIpc) is 3.37. The summed E-state index contributed by atoms with van der Waals surface area (Å²) in [7, 11) is 4.63. The SMILES string of the molecule is CCOc1cc(C(=O)Nc2ccc3oc(-c4cc(OC)c(OC)c(OC)c4)nc3c2)cc(OCC)c1OCC. The fourth-order valence-corrected chi connectivity index (χ4v) is 4.06. The summed E-state index contributed by atoms with van der Waals surface area (Å²) >= 11 is 0. The molecule has 0 fully saturated rings. The van der Waals surface area contributed by atoms with Crippen LogP contribution in [0.3, 0.4) is 0 Å². The number of hydrogen-bond donors (Lipinski definition) is 1. The third kappa shape index (κ3) is 5.79. The first-order valence-corrected chi connectivity index (χ1v) is 12.5. The van der Waals surface area contributed by atoms with Crippen LogP contribution >= 0.6 is 0 Å². The van der Waals surface area contributed by atoms with Crippen LogP contribution in [-0.2, 0) is 0 Å². The van der Waals surface area contributed by atoms with Crippen LogP contribution < -0.4 is 33.7 Å². The van der Waals surface area contributed by atoms with Crippen LogP contribution in [-0.4, -0.2) is 52.0 Å². The predicted molar refractivity (Wildman–Crippen MR) is 147 cm³/mol. The maximum Gasteiger partial charge on any atom is 0.255 e. The molecule has 1 heterocycles. The fraction of sp³-hybridized carbons (Fsp3) is 0.310. The van der Waals surface area contributed by atoms with Crippen molar-refractivity contribution in [3.05, 3.63) is 48.0 Å². The molecule has 4 rings (SSSR count). The van der Waals surface area contributed by atoms with Gasteiger partial charge in [-0.3, -0.25) is 4.79 Å². The highest BCUT2D eigenvalue weighted by molar-refractivity contribution is 6.05. The second-order valence-electron chi connectivity index (χ2n) is 8.17. The first-order valence-electron chi connectivity index (χ1n) is 12.5. The number of anilines is 1. The number of oxazole rings is 1. The van der Waals surface area contributed by atoms with Gasteiger partial charge < -0.3 is 38.2 Å². The first-order chi connectivity index (χ1) is 19.0. The van der Waals surface area contributed by atoms with E-state index in [2.05, 4.69) is 10.3 Å². The molecule has 3 aromatic carbocycles. The second-order valence-corrected chi connectivity index (χ2v) is 8.17. The number of nitrogens with zero attached hydrogens (tertiary/aromatic N) is 1. The van der Waals surface area contributed by atoms with Gasteiger partial charge in [-0.25, -0.2) is 4.98 Å². The van der Waals surface area contributed by atoms with Gasteiger partial charge in [-0.1, -0.05) is 0 Å². The molecule has 1 N–H and O–H groups in total. The molecule has 0 spiro atoms. The number of nitrogens with one attached hydrogen (secondary N) is 1. The Labute approximate surface area is 226 Å². The molecule has 0 aliphatic rings. The van der Waals surface area contributed by atoms with Gasteiger partial charge >= 0.3 is 0 Å². The van der Waals surface area contributed by atoms with Gasteiger partial charge in [-0.15, -0.1) is 0 Å². The van der Waals surface area contributed by atoms with Gasteiger partial charge in [0, 0.05) is 16.8 Å². The summed E-state index contributed by atoms with van der Waals surface area (Å²) in [6.45, 7) is 6.85. The summed E-state index contributed by atoms with van der Waals surface area (Å²) in [5.41, 5.74) is 2.67. The van der Waals surface area contributed by atoms with Crippen LogP contribution in [0.5, 0.6) is 34.5 Å². The van der Waals surface area contributed by atoms with Crippen LogP contribution in [0, 0.1) is 0 Å². The lowest BCUT2D eigenvalue weighted by molar-refractivity contribution is 0.102. The van der Waals surface area contributed by atoms with Crippen molar-refractivity contribution < 1.29 is 37.6 Å². The molecular weight excluding hydrogens is 504 g/mol. The number of rotatable bonds is 12. The van der Waals surface area contributed by atoms with Crippen LogP contribution in [0.15, 0.2) is 46.9 Å². The van der Waals surface area contributed by atoms with E-state index in [1.54, 1.807) is 56.7 Å². The van der Waals surface area contributed by atoms with E-state index in [9.17, 15) is 4.79 Å². The molecule has 1 amide bonds. The summed E-state index contributed by atoms with van der Waals surface area (Å²) < 4.78 is 39.4. The van der Waals surface area contributed by atoms with Gasteiger partial charge in [0.2, 0.25) is 17.4 Å². The minimum atomic E-state index is -0.340. The molecule has 0 unspecified atom stereocenters. The molecule has 1 aromatic heterocycles. The minimum absolute atomic E-state index is 0.340. The van der Waals surface area contributed by atoms with E-state index >= 15 is 0 Å². The van der Waals surface area contributed by atoms with Crippen molar-refractivity contribution in [2.24, 2.45) is 0 Å². The van der Waals surface area contributed by atoms with Crippen LogP contribution in [0.2, 0.25) is 0 Å². The summed E-state index contributed by atoms with van der Waals surface area (Å²) in [5, 5.41) is 2.91. The number of hydrogen-bond acceptors (Lipinski definition) is 9. The maximum absolute atomic E-state index is 13.2. The second kappa shape index (κ2) is 12.3. The lowest BCUT2D eigenvalue weighted by atomic mass is 10.1. The zero-order chi connectivity index (χ0) is 27.9. The molecular formula is C29H32N2O8. The van der Waals surface area contributed by atoms with E-state index in [1.807, 2.05) is 20.8 Å². The van der Waals surface area contributed by atoms with E-state index in [0.29, 0.717) is 88.1 Å². The van der Waals surface area contributed by atoms with Gasteiger partial charge in [0.15, 0.2) is 28.6 Å². The van der Waals surface area contributed by atoms with Crippen LogP contribution in [0.25, 0.3) is 22.6 Å². The normalized spacial score (nSPS) is 10.7. The maximum atomic E-state index is 13.2. The summed E-state index contributed by atoms with van der Waals surface area (Å²) in [6, 6.07) is 12.0. The molecule has 10 nitrogen and oxygen atoms in total. The lowest BCUT2D eigenvalue weighted by Gasteiger charge is -2.17. The van der Waals surface area contributed by atoms with Crippen LogP contribution in [0.4, 0.5) is 5.69 Å². The van der Waals surface area contributed by atoms with Gasteiger partial charge in [0.25, 0.3) is 5.91 Å². The van der Waals surface area contributed by atoms with Gasteiger partial charge in [-0.2, -0.15) is 0 Å². The van der Waals surface area contributed by atoms with Crippen molar-refractivity contribution in [3.63, 3.8) is 0 Å². The number of carbonyl (C=O) groups excluding carboxylic acids is 1. The first kappa shape index (κ1) is 27.4. The Morgan fingerprint density at radius 1 is 0.769 bits per heavy atom. The molecule has 10 heteroatoms. The Balaban J connectivity index is 1.64. The molecule has 4 aromatic rings. The van der Waals surface area contributed by atoms with Gasteiger partial charge in [0.1, 0.15) is 5.52 Å². The third-order valence-corrected chi connectivity index (χ3v) is 5.73. The van der Waals surface area contributed by atoms with Crippen molar-refractivity contribution in [2.75, 3.05) is 46.5 Å².